The van der Waals surface area contributed by atoms with E-state index < -0.39 is 35.8 Å². The number of Topliss-reactive ketones (excluding diaryl/α,β-unsaturated/α-hetero) is 1. The van der Waals surface area contributed by atoms with E-state index in [2.05, 4.69) is 9.84 Å². The highest BCUT2D eigenvalue weighted by Crippen LogP contribution is 2.34. The quantitative estimate of drug-likeness (QED) is 0.620. The molecule has 1 aromatic carbocycles. The number of ketones is 1. The molecule has 0 bridgehead atoms. The topological polar surface area (TPSA) is 117 Å². The number of hydrogen-bond donors (Lipinski definition) is 1. The van der Waals surface area contributed by atoms with E-state index in [4.69, 9.17) is 9.47 Å². The second-order valence-electron chi connectivity index (χ2n) is 5.24. The van der Waals surface area contributed by atoms with Crippen LogP contribution in [0.2, 0.25) is 0 Å². The number of ether oxygens (including phenoxy) is 3. The van der Waals surface area contributed by atoms with Crippen molar-refractivity contribution in [2.24, 2.45) is 0 Å². The smallest absolute Gasteiger partial charge is 0.358 e. The molecule has 0 radical (unpaired) electrons. The molecule has 0 amide bonds. The van der Waals surface area contributed by atoms with Gasteiger partial charge in [-0.1, -0.05) is 0 Å². The third-order valence-corrected chi connectivity index (χ3v) is 3.64. The Balaban J connectivity index is 1.92. The summed E-state index contributed by atoms with van der Waals surface area (Å²) in [6.45, 7) is -0.174. The summed E-state index contributed by atoms with van der Waals surface area (Å²) in [5, 5.41) is 12.9. The number of hydrogen-bond acceptors (Lipinski definition) is 7. The van der Waals surface area contributed by atoms with Crippen LogP contribution in [0.15, 0.2) is 18.2 Å². The van der Waals surface area contributed by atoms with Gasteiger partial charge in [0.15, 0.2) is 28.8 Å². The number of rotatable bonds is 5. The molecule has 0 unspecified atom stereocenters. The maximum Gasteiger partial charge on any atom is 0.358 e. The van der Waals surface area contributed by atoms with Gasteiger partial charge in [-0.25, -0.2) is 18.7 Å². The van der Waals surface area contributed by atoms with Gasteiger partial charge in [0.1, 0.15) is 25.5 Å². The monoisotopic (exact) mass is 364 g/mol. The van der Waals surface area contributed by atoms with E-state index in [0.29, 0.717) is 0 Å². The van der Waals surface area contributed by atoms with Gasteiger partial charge in [-0.15, -0.1) is 0 Å². The van der Waals surface area contributed by atoms with E-state index in [9.17, 15) is 23.9 Å². The number of carbonyl (C=O) groups is 3. The van der Waals surface area contributed by atoms with Crippen molar-refractivity contribution in [3.05, 3.63) is 41.0 Å². The first-order chi connectivity index (χ1) is 12.4. The number of esters is 1. The van der Waals surface area contributed by atoms with Gasteiger partial charge in [0.25, 0.3) is 0 Å². The van der Waals surface area contributed by atoms with Crippen molar-refractivity contribution < 1.29 is 38.1 Å². The first-order valence-corrected chi connectivity index (χ1v) is 7.43. The highest BCUT2D eigenvalue weighted by Gasteiger charge is 2.25. The van der Waals surface area contributed by atoms with Gasteiger partial charge >= 0.3 is 11.9 Å². The average Bonchev–Trinajstić information content (AvgIpc) is 3.05. The van der Waals surface area contributed by atoms with Crippen molar-refractivity contribution in [3.8, 4) is 11.5 Å². The van der Waals surface area contributed by atoms with Crippen LogP contribution in [-0.4, -0.2) is 52.9 Å². The summed E-state index contributed by atoms with van der Waals surface area (Å²) in [6.07, 6.45) is 0. The number of aromatic nitrogens is 2. The minimum atomic E-state index is -1.40. The van der Waals surface area contributed by atoms with Crippen LogP contribution in [0.5, 0.6) is 11.5 Å². The summed E-state index contributed by atoms with van der Waals surface area (Å²) in [7, 11) is 1.11. The van der Waals surface area contributed by atoms with Crippen LogP contribution in [0.3, 0.4) is 0 Å². The number of halogens is 1. The van der Waals surface area contributed by atoms with Crippen molar-refractivity contribution in [2.75, 3.05) is 20.3 Å². The molecule has 0 fully saturated rings. The fourth-order valence-electron chi connectivity index (χ4n) is 2.43. The fraction of sp³-hybridized carbons (Fsp3) is 0.250. The highest BCUT2D eigenvalue weighted by molar-refractivity contribution is 5.98. The molecule has 3 rings (SSSR count). The lowest BCUT2D eigenvalue weighted by Gasteiger charge is -2.19. The molecule has 0 saturated heterocycles. The molecule has 10 heteroatoms. The molecule has 0 aliphatic carbocycles. The Hall–Kier alpha value is -3.43. The molecular weight excluding hydrogens is 351 g/mol. The molecular formula is C16H13FN2O7. The molecule has 26 heavy (non-hydrogen) atoms. The van der Waals surface area contributed by atoms with Crippen molar-refractivity contribution in [1.29, 1.82) is 0 Å². The van der Waals surface area contributed by atoms with Gasteiger partial charge in [0, 0.05) is 6.07 Å². The molecule has 0 atom stereocenters. The summed E-state index contributed by atoms with van der Waals surface area (Å²) in [5.74, 6) is -3.89. The Morgan fingerprint density at radius 2 is 2.04 bits per heavy atom. The minimum Gasteiger partial charge on any atom is -0.486 e. The number of fused-ring (bicyclic) bond motifs is 1. The third-order valence-electron chi connectivity index (χ3n) is 3.64. The highest BCUT2D eigenvalue weighted by atomic mass is 19.1. The molecule has 2 heterocycles. The van der Waals surface area contributed by atoms with Crippen molar-refractivity contribution in [2.45, 2.75) is 6.54 Å². The Bertz CT molecular complexity index is 906. The molecule has 1 aromatic heterocycles. The van der Waals surface area contributed by atoms with Crippen LogP contribution in [0.4, 0.5) is 4.39 Å². The van der Waals surface area contributed by atoms with Crippen LogP contribution in [0.1, 0.15) is 31.3 Å². The lowest BCUT2D eigenvalue weighted by molar-refractivity contribution is 0.0591. The van der Waals surface area contributed by atoms with Crippen molar-refractivity contribution in [1.82, 2.24) is 9.78 Å². The summed E-state index contributed by atoms with van der Waals surface area (Å²) >= 11 is 0. The standard InChI is InChI=1S/C16H13FN2O7/c1-24-16(23)9-6-10(15(21)22)19(18-9)7-11(20)8-2-3-12-14(13(8)17)26-5-4-25-12/h2-3,6H,4-5,7H2,1H3,(H,21,22). The van der Waals surface area contributed by atoms with Crippen LogP contribution in [0.25, 0.3) is 0 Å². The summed E-state index contributed by atoms with van der Waals surface area (Å²) in [5.41, 5.74) is -0.988. The Morgan fingerprint density at radius 1 is 1.31 bits per heavy atom. The molecule has 1 aliphatic heterocycles. The number of methoxy groups -OCH3 is 1. The number of nitrogens with zero attached hydrogens (tertiary/aromatic N) is 2. The van der Waals surface area contributed by atoms with E-state index in [-0.39, 0.29) is 36.0 Å². The number of aromatic carboxylic acids is 1. The van der Waals surface area contributed by atoms with Gasteiger partial charge < -0.3 is 19.3 Å². The lowest BCUT2D eigenvalue weighted by Crippen LogP contribution is -2.20. The Labute approximate surface area is 145 Å². The van der Waals surface area contributed by atoms with E-state index in [1.165, 1.54) is 12.1 Å². The maximum absolute atomic E-state index is 14.5. The second-order valence-corrected chi connectivity index (χ2v) is 5.24. The zero-order valence-electron chi connectivity index (χ0n) is 13.5. The Kier molecular flexibility index (Phi) is 4.57. The molecule has 1 N–H and O–H groups in total. The zero-order valence-corrected chi connectivity index (χ0v) is 13.5. The Morgan fingerprint density at radius 3 is 2.73 bits per heavy atom. The predicted molar refractivity (Wildman–Crippen MR) is 82.2 cm³/mol. The first kappa shape index (κ1) is 17.4. The van der Waals surface area contributed by atoms with E-state index in [1.54, 1.807) is 0 Å². The summed E-state index contributed by atoms with van der Waals surface area (Å²) < 4.78 is 30.2. The average molecular weight is 364 g/mol. The van der Waals surface area contributed by atoms with Gasteiger partial charge in [-0.2, -0.15) is 5.10 Å². The van der Waals surface area contributed by atoms with Gasteiger partial charge in [0.05, 0.1) is 12.7 Å². The maximum atomic E-state index is 14.5. The van der Waals surface area contributed by atoms with E-state index in [0.717, 1.165) is 17.9 Å². The van der Waals surface area contributed by atoms with E-state index >= 15 is 0 Å². The number of carbonyl (C=O) groups excluding carboxylic acids is 2. The van der Waals surface area contributed by atoms with Gasteiger partial charge in [-0.3, -0.25) is 4.79 Å². The number of carboxylic acid groups (broad SMARTS) is 1. The van der Waals surface area contributed by atoms with Crippen molar-refractivity contribution >= 4 is 17.7 Å². The molecule has 0 spiro atoms. The lowest BCUT2D eigenvalue weighted by atomic mass is 10.1. The minimum absolute atomic E-state index is 0.145. The van der Waals surface area contributed by atoms with Crippen LogP contribution in [-0.2, 0) is 11.3 Å². The van der Waals surface area contributed by atoms with E-state index in [1.807, 2.05) is 0 Å². The third kappa shape index (κ3) is 3.08. The predicted octanol–water partition coefficient (Wildman–Crippen LogP) is 1.16. The first-order valence-electron chi connectivity index (χ1n) is 7.43. The number of carboxylic acids is 1. The normalized spacial score (nSPS) is 12.5. The fourth-order valence-corrected chi connectivity index (χ4v) is 2.43. The molecule has 0 saturated carbocycles. The van der Waals surface area contributed by atoms with Crippen LogP contribution < -0.4 is 9.47 Å². The molecule has 1 aliphatic rings. The van der Waals surface area contributed by atoms with Crippen LogP contribution >= 0.6 is 0 Å². The largest absolute Gasteiger partial charge is 0.486 e. The molecule has 2 aromatic rings. The van der Waals surface area contributed by atoms with Gasteiger partial charge in [-0.05, 0) is 12.1 Å². The SMILES string of the molecule is COC(=O)c1cc(C(=O)O)n(CC(=O)c2ccc3c(c2F)OCCO3)n1. The summed E-state index contributed by atoms with van der Waals surface area (Å²) in [6, 6.07) is 3.59. The molecule has 136 valence electrons. The van der Waals surface area contributed by atoms with Gasteiger partial charge in [0.2, 0.25) is 0 Å². The zero-order chi connectivity index (χ0) is 18.8. The number of benzene rings is 1. The molecule has 9 nitrogen and oxygen atoms in total. The van der Waals surface area contributed by atoms with Crippen LogP contribution in [0, 0.1) is 5.82 Å². The summed E-state index contributed by atoms with van der Waals surface area (Å²) in [4.78, 5) is 35.2. The van der Waals surface area contributed by atoms with Crippen molar-refractivity contribution in [3.63, 3.8) is 0 Å². The second kappa shape index (κ2) is 6.82.